The first kappa shape index (κ1) is 25.2. The van der Waals surface area contributed by atoms with Gasteiger partial charge < -0.3 is 14.7 Å². The molecule has 2 aliphatic rings. The highest BCUT2D eigenvalue weighted by atomic mass is 19.4. The van der Waals surface area contributed by atoms with Crippen LogP contribution in [0.1, 0.15) is 43.2 Å². The maximum Gasteiger partial charge on any atom is 0.419 e. The van der Waals surface area contributed by atoms with E-state index in [2.05, 4.69) is 9.88 Å². The summed E-state index contributed by atoms with van der Waals surface area (Å²) in [5.74, 6) is 1.77. The van der Waals surface area contributed by atoms with Crippen LogP contribution in [0.15, 0.2) is 42.6 Å². The summed E-state index contributed by atoms with van der Waals surface area (Å²) in [5, 5.41) is 0. The second-order valence-corrected chi connectivity index (χ2v) is 9.87. The Kier molecular flexibility index (Phi) is 7.17. The van der Waals surface area contributed by atoms with Crippen molar-refractivity contribution >= 4 is 17.7 Å². The van der Waals surface area contributed by atoms with E-state index < -0.39 is 11.7 Å². The molecule has 5 rings (SSSR count). The molecule has 0 unspecified atom stereocenters. The van der Waals surface area contributed by atoms with Crippen molar-refractivity contribution in [3.63, 3.8) is 0 Å². The van der Waals surface area contributed by atoms with Gasteiger partial charge in [-0.3, -0.25) is 0 Å². The summed E-state index contributed by atoms with van der Waals surface area (Å²) >= 11 is 0. The number of pyridine rings is 1. The number of anilines is 3. The maximum absolute atomic E-state index is 13.5. The molecule has 1 saturated carbocycles. The fourth-order valence-electron chi connectivity index (χ4n) is 5.10. The van der Waals surface area contributed by atoms with Crippen molar-refractivity contribution in [1.29, 1.82) is 0 Å². The van der Waals surface area contributed by atoms with Gasteiger partial charge in [-0.25, -0.2) is 4.98 Å². The minimum Gasteiger partial charge on any atom is -0.353 e. The van der Waals surface area contributed by atoms with E-state index in [0.29, 0.717) is 49.9 Å². The molecule has 0 atom stereocenters. The SMILES string of the molecule is Cc1ccc(-c2nc(N3CCN(c4ncccc4C(F)(F)F)CC3)nc(N(C)C3CCCCC3)n2)cc1. The van der Waals surface area contributed by atoms with Gasteiger partial charge in [-0.2, -0.15) is 28.1 Å². The highest BCUT2D eigenvalue weighted by Crippen LogP contribution is 2.35. The van der Waals surface area contributed by atoms with E-state index in [9.17, 15) is 13.2 Å². The zero-order chi connectivity index (χ0) is 26.0. The minimum atomic E-state index is -4.45. The van der Waals surface area contributed by atoms with E-state index in [-0.39, 0.29) is 5.82 Å². The van der Waals surface area contributed by atoms with Crippen molar-refractivity contribution in [2.75, 3.05) is 47.9 Å². The van der Waals surface area contributed by atoms with E-state index in [1.165, 1.54) is 31.5 Å². The molecule has 2 aromatic heterocycles. The molecule has 3 aromatic rings. The molecule has 1 saturated heterocycles. The highest BCUT2D eigenvalue weighted by molar-refractivity contribution is 5.59. The van der Waals surface area contributed by atoms with Crippen molar-refractivity contribution in [2.24, 2.45) is 0 Å². The number of piperazine rings is 1. The van der Waals surface area contributed by atoms with Gasteiger partial charge >= 0.3 is 6.18 Å². The fourth-order valence-corrected chi connectivity index (χ4v) is 5.10. The van der Waals surface area contributed by atoms with Crippen LogP contribution in [-0.2, 0) is 6.18 Å². The molecule has 196 valence electrons. The van der Waals surface area contributed by atoms with Crippen LogP contribution in [0.2, 0.25) is 0 Å². The van der Waals surface area contributed by atoms with Crippen LogP contribution < -0.4 is 14.7 Å². The molecule has 2 fully saturated rings. The third-order valence-electron chi connectivity index (χ3n) is 7.31. The van der Waals surface area contributed by atoms with Crippen molar-refractivity contribution in [3.05, 3.63) is 53.7 Å². The van der Waals surface area contributed by atoms with Gasteiger partial charge in [-0.1, -0.05) is 49.1 Å². The number of halogens is 3. The molecule has 0 bridgehead atoms. The van der Waals surface area contributed by atoms with Gasteiger partial charge in [0.2, 0.25) is 11.9 Å². The normalized spacial score (nSPS) is 17.2. The average molecular weight is 512 g/mol. The standard InChI is InChI=1S/C27H32F3N7/c1-19-10-12-20(13-11-19)23-32-25(35(2)21-7-4-3-5-8-21)34-26(33-23)37-17-15-36(16-18-37)24-22(27(28,29)30)9-6-14-31-24/h6,9-14,21H,3-5,7-8,15-18H2,1-2H3. The Morgan fingerprint density at radius 1 is 0.865 bits per heavy atom. The van der Waals surface area contributed by atoms with Crippen molar-refractivity contribution in [3.8, 4) is 11.4 Å². The predicted molar refractivity (Wildman–Crippen MR) is 139 cm³/mol. The second-order valence-electron chi connectivity index (χ2n) is 9.87. The summed E-state index contributed by atoms with van der Waals surface area (Å²) in [6, 6.07) is 10.9. The number of aryl methyl sites for hydroxylation is 1. The smallest absolute Gasteiger partial charge is 0.353 e. The van der Waals surface area contributed by atoms with Gasteiger partial charge in [-0.05, 0) is 31.9 Å². The monoisotopic (exact) mass is 511 g/mol. The van der Waals surface area contributed by atoms with E-state index in [4.69, 9.17) is 15.0 Å². The summed E-state index contributed by atoms with van der Waals surface area (Å²) in [6.07, 6.45) is 2.85. The molecule has 37 heavy (non-hydrogen) atoms. The first-order valence-electron chi connectivity index (χ1n) is 12.9. The van der Waals surface area contributed by atoms with E-state index in [1.807, 2.05) is 43.1 Å². The number of hydrogen-bond donors (Lipinski definition) is 0. The molecule has 10 heteroatoms. The van der Waals surface area contributed by atoms with Gasteiger partial charge in [-0.15, -0.1) is 0 Å². The predicted octanol–water partition coefficient (Wildman–Crippen LogP) is 5.36. The van der Waals surface area contributed by atoms with Crippen molar-refractivity contribution in [1.82, 2.24) is 19.9 Å². The molecule has 0 spiro atoms. The molecule has 3 heterocycles. The second kappa shape index (κ2) is 10.5. The zero-order valence-electron chi connectivity index (χ0n) is 21.2. The summed E-state index contributed by atoms with van der Waals surface area (Å²) in [7, 11) is 2.05. The Bertz CT molecular complexity index is 1200. The lowest BCUT2D eigenvalue weighted by atomic mass is 9.95. The van der Waals surface area contributed by atoms with Gasteiger partial charge in [0.25, 0.3) is 0 Å². The molecular formula is C27H32F3N7. The number of benzene rings is 1. The van der Waals surface area contributed by atoms with Gasteiger partial charge in [0.1, 0.15) is 5.82 Å². The molecule has 0 radical (unpaired) electrons. The number of rotatable bonds is 5. The Morgan fingerprint density at radius 3 is 2.22 bits per heavy atom. The average Bonchev–Trinajstić information content (AvgIpc) is 2.93. The molecule has 1 aliphatic carbocycles. The number of alkyl halides is 3. The Hall–Kier alpha value is -3.43. The molecule has 1 aromatic carbocycles. The lowest BCUT2D eigenvalue weighted by Crippen LogP contribution is -2.48. The van der Waals surface area contributed by atoms with Crippen molar-refractivity contribution in [2.45, 2.75) is 51.2 Å². The molecule has 7 nitrogen and oxygen atoms in total. The molecule has 0 amide bonds. The molecular weight excluding hydrogens is 479 g/mol. The van der Waals surface area contributed by atoms with Crippen LogP contribution in [0.5, 0.6) is 0 Å². The van der Waals surface area contributed by atoms with E-state index in [1.54, 1.807) is 4.90 Å². The molecule has 0 N–H and O–H groups in total. The van der Waals surface area contributed by atoms with Crippen molar-refractivity contribution < 1.29 is 13.2 Å². The van der Waals surface area contributed by atoms with E-state index in [0.717, 1.165) is 30.0 Å². The first-order valence-corrected chi connectivity index (χ1v) is 12.9. The third kappa shape index (κ3) is 5.62. The van der Waals surface area contributed by atoms with Gasteiger partial charge in [0, 0.05) is 51.0 Å². The third-order valence-corrected chi connectivity index (χ3v) is 7.31. The van der Waals surface area contributed by atoms with Crippen LogP contribution in [0.3, 0.4) is 0 Å². The lowest BCUT2D eigenvalue weighted by molar-refractivity contribution is -0.137. The van der Waals surface area contributed by atoms with Gasteiger partial charge in [0.05, 0.1) is 5.56 Å². The number of aromatic nitrogens is 4. The van der Waals surface area contributed by atoms with Crippen LogP contribution in [0, 0.1) is 6.92 Å². The zero-order valence-corrected chi connectivity index (χ0v) is 21.2. The highest BCUT2D eigenvalue weighted by Gasteiger charge is 2.36. The minimum absolute atomic E-state index is 0.0247. The first-order chi connectivity index (χ1) is 17.8. The molecule has 1 aliphatic heterocycles. The topological polar surface area (TPSA) is 61.3 Å². The summed E-state index contributed by atoms with van der Waals surface area (Å²) in [6.45, 7) is 3.78. The van der Waals surface area contributed by atoms with Crippen LogP contribution >= 0.6 is 0 Å². The number of nitrogens with zero attached hydrogens (tertiary/aromatic N) is 7. The fraction of sp³-hybridized carbons (Fsp3) is 0.481. The number of hydrogen-bond acceptors (Lipinski definition) is 7. The van der Waals surface area contributed by atoms with E-state index >= 15 is 0 Å². The Labute approximate surface area is 215 Å². The van der Waals surface area contributed by atoms with Gasteiger partial charge in [0.15, 0.2) is 5.82 Å². The van der Waals surface area contributed by atoms with Crippen LogP contribution in [0.4, 0.5) is 30.9 Å². The Morgan fingerprint density at radius 2 is 1.54 bits per heavy atom. The Balaban J connectivity index is 1.41. The maximum atomic E-state index is 13.5. The lowest BCUT2D eigenvalue weighted by Gasteiger charge is -2.37. The van der Waals surface area contributed by atoms with Crippen LogP contribution in [-0.4, -0.2) is 59.2 Å². The summed E-state index contributed by atoms with van der Waals surface area (Å²) < 4.78 is 40.6. The quantitative estimate of drug-likeness (QED) is 0.457. The van der Waals surface area contributed by atoms with Crippen LogP contribution in [0.25, 0.3) is 11.4 Å². The largest absolute Gasteiger partial charge is 0.419 e. The summed E-state index contributed by atoms with van der Waals surface area (Å²) in [4.78, 5) is 24.4. The summed E-state index contributed by atoms with van der Waals surface area (Å²) in [5.41, 5.74) is 1.36.